The molecule has 0 N–H and O–H groups in total. The quantitative estimate of drug-likeness (QED) is 0.668. The van der Waals surface area contributed by atoms with Crippen molar-refractivity contribution < 1.29 is 0 Å². The SMILES string of the molecule is CCCC[CH](N(C)Cc1ccccc1)[Ge]([CH3])([CH3])[CH3]. The molecule has 1 atom stereocenters. The number of hydrogen-bond acceptors (Lipinski definition) is 1. The molecule has 18 heavy (non-hydrogen) atoms. The molecule has 0 saturated carbocycles. The molecule has 0 aliphatic carbocycles. The van der Waals surface area contributed by atoms with Crippen molar-refractivity contribution in [2.75, 3.05) is 7.05 Å². The molecular formula is C16H29GeN. The number of nitrogens with zero attached hydrogens (tertiary/aromatic N) is 1. The third-order valence-electron chi connectivity index (χ3n) is 3.64. The summed E-state index contributed by atoms with van der Waals surface area (Å²) in [5, 5.41) is 0. The summed E-state index contributed by atoms with van der Waals surface area (Å²) in [7, 11) is 2.31. The van der Waals surface area contributed by atoms with Gasteiger partial charge in [0.1, 0.15) is 0 Å². The molecule has 2 heteroatoms. The van der Waals surface area contributed by atoms with E-state index in [0.29, 0.717) is 0 Å². The van der Waals surface area contributed by atoms with E-state index >= 15 is 0 Å². The summed E-state index contributed by atoms with van der Waals surface area (Å²) in [5.41, 5.74) is 1.44. The average Bonchev–Trinajstić information content (AvgIpc) is 2.29. The molecule has 0 bridgehead atoms. The van der Waals surface area contributed by atoms with E-state index in [1.54, 1.807) is 0 Å². The van der Waals surface area contributed by atoms with Crippen molar-refractivity contribution in [3.63, 3.8) is 0 Å². The van der Waals surface area contributed by atoms with E-state index < -0.39 is 13.3 Å². The molecule has 0 amide bonds. The first kappa shape index (κ1) is 15.8. The molecule has 1 aromatic carbocycles. The number of unbranched alkanes of at least 4 members (excludes halogenated alkanes) is 1. The zero-order valence-corrected chi connectivity index (χ0v) is 14.8. The fraction of sp³-hybridized carbons (Fsp3) is 0.625. The standard InChI is InChI=1S/C16H29GeN/c1-6-7-13-16(17(2,3)4)18(5)14-15-11-9-8-10-12-15/h8-12,16H,6-7,13-14H2,1-5H3. The monoisotopic (exact) mass is 309 g/mol. The van der Waals surface area contributed by atoms with Crippen LogP contribution in [0.4, 0.5) is 0 Å². The average molecular weight is 308 g/mol. The van der Waals surface area contributed by atoms with Crippen LogP contribution in [0.5, 0.6) is 0 Å². The van der Waals surface area contributed by atoms with E-state index in [-0.39, 0.29) is 0 Å². The van der Waals surface area contributed by atoms with Crippen molar-refractivity contribution in [2.45, 2.75) is 54.9 Å². The second-order valence-corrected chi connectivity index (χ2v) is 17.8. The summed E-state index contributed by atoms with van der Waals surface area (Å²) in [6.45, 7) is 3.39. The first-order valence-corrected chi connectivity index (χ1v) is 14.7. The van der Waals surface area contributed by atoms with Crippen molar-refractivity contribution in [3.8, 4) is 0 Å². The van der Waals surface area contributed by atoms with E-state index in [1.165, 1.54) is 24.8 Å². The van der Waals surface area contributed by atoms with E-state index in [9.17, 15) is 0 Å². The van der Waals surface area contributed by atoms with Gasteiger partial charge in [-0.2, -0.15) is 0 Å². The van der Waals surface area contributed by atoms with Gasteiger partial charge >= 0.3 is 116 Å². The van der Waals surface area contributed by atoms with Gasteiger partial charge in [0, 0.05) is 0 Å². The van der Waals surface area contributed by atoms with E-state index in [2.05, 4.69) is 66.5 Å². The molecule has 1 nitrogen and oxygen atoms in total. The Kier molecular flexibility index (Phi) is 6.44. The van der Waals surface area contributed by atoms with Crippen molar-refractivity contribution in [3.05, 3.63) is 35.9 Å². The Morgan fingerprint density at radius 1 is 1.11 bits per heavy atom. The van der Waals surface area contributed by atoms with E-state index in [0.717, 1.165) is 11.4 Å². The van der Waals surface area contributed by atoms with Gasteiger partial charge in [-0.15, -0.1) is 0 Å². The van der Waals surface area contributed by atoms with Crippen LogP contribution in [0.15, 0.2) is 30.3 Å². The van der Waals surface area contributed by atoms with Crippen LogP contribution in [0.25, 0.3) is 0 Å². The van der Waals surface area contributed by atoms with Crippen molar-refractivity contribution in [2.24, 2.45) is 0 Å². The van der Waals surface area contributed by atoms with Crippen LogP contribution in [0.2, 0.25) is 17.3 Å². The Morgan fingerprint density at radius 3 is 2.22 bits per heavy atom. The van der Waals surface area contributed by atoms with Crippen LogP contribution in [-0.2, 0) is 6.54 Å². The predicted octanol–water partition coefficient (Wildman–Crippen LogP) is 4.55. The van der Waals surface area contributed by atoms with Gasteiger partial charge in [-0.1, -0.05) is 0 Å². The molecule has 0 aliphatic rings. The molecular weight excluding hydrogens is 279 g/mol. The fourth-order valence-electron chi connectivity index (χ4n) is 2.69. The van der Waals surface area contributed by atoms with Gasteiger partial charge in [0.15, 0.2) is 0 Å². The maximum atomic E-state index is 2.60. The fourth-order valence-corrected chi connectivity index (χ4v) is 7.90. The second-order valence-electron chi connectivity index (χ2n) is 6.42. The molecule has 102 valence electrons. The van der Waals surface area contributed by atoms with E-state index in [4.69, 9.17) is 0 Å². The first-order valence-electron chi connectivity index (χ1n) is 7.19. The Bertz CT molecular complexity index is 329. The number of benzene rings is 1. The summed E-state index contributed by atoms with van der Waals surface area (Å²) in [4.78, 5) is 3.44. The van der Waals surface area contributed by atoms with Gasteiger partial charge < -0.3 is 0 Å². The molecule has 0 aromatic heterocycles. The summed E-state index contributed by atoms with van der Waals surface area (Å²) in [6, 6.07) is 10.9. The predicted molar refractivity (Wildman–Crippen MR) is 84.6 cm³/mol. The first-order chi connectivity index (χ1) is 8.45. The van der Waals surface area contributed by atoms with Crippen LogP contribution in [-0.4, -0.2) is 30.1 Å². The van der Waals surface area contributed by atoms with Crippen LogP contribution in [0.1, 0.15) is 31.7 Å². The van der Waals surface area contributed by atoms with E-state index in [1.807, 2.05) is 0 Å². The molecule has 0 radical (unpaired) electrons. The Labute approximate surface area is 116 Å². The molecule has 1 aromatic rings. The van der Waals surface area contributed by atoms with Crippen LogP contribution in [0.3, 0.4) is 0 Å². The topological polar surface area (TPSA) is 3.24 Å². The number of hydrogen-bond donors (Lipinski definition) is 0. The molecule has 1 rings (SSSR count). The van der Waals surface area contributed by atoms with Crippen molar-refractivity contribution in [1.82, 2.24) is 4.90 Å². The van der Waals surface area contributed by atoms with Crippen molar-refractivity contribution in [1.29, 1.82) is 0 Å². The van der Waals surface area contributed by atoms with Crippen molar-refractivity contribution >= 4 is 13.3 Å². The molecule has 0 aliphatic heterocycles. The molecule has 0 heterocycles. The van der Waals surface area contributed by atoms with Crippen LogP contribution < -0.4 is 0 Å². The molecule has 1 unspecified atom stereocenters. The normalized spacial score (nSPS) is 13.9. The molecule has 0 spiro atoms. The Morgan fingerprint density at radius 2 is 1.72 bits per heavy atom. The number of rotatable bonds is 7. The minimum absolute atomic E-state index is 0.838. The zero-order chi connectivity index (χ0) is 13.6. The van der Waals surface area contributed by atoms with Gasteiger partial charge in [0.05, 0.1) is 0 Å². The summed E-state index contributed by atoms with van der Waals surface area (Å²) in [5.74, 6) is 7.63. The third-order valence-corrected chi connectivity index (χ3v) is 9.36. The van der Waals surface area contributed by atoms with Crippen LogP contribution in [0, 0.1) is 0 Å². The van der Waals surface area contributed by atoms with Gasteiger partial charge in [0.2, 0.25) is 0 Å². The summed E-state index contributed by atoms with van der Waals surface area (Å²) < 4.78 is 0. The minimum atomic E-state index is -1.63. The zero-order valence-electron chi connectivity index (χ0n) is 12.7. The summed E-state index contributed by atoms with van der Waals surface area (Å²) >= 11 is -1.63. The van der Waals surface area contributed by atoms with Gasteiger partial charge in [0.25, 0.3) is 0 Å². The maximum absolute atomic E-state index is 2.60. The Hall–Kier alpha value is -0.277. The van der Waals surface area contributed by atoms with Gasteiger partial charge in [-0.05, 0) is 0 Å². The second kappa shape index (κ2) is 7.35. The van der Waals surface area contributed by atoms with Gasteiger partial charge in [-0.3, -0.25) is 0 Å². The third kappa shape index (κ3) is 5.15. The van der Waals surface area contributed by atoms with Gasteiger partial charge in [-0.25, -0.2) is 0 Å². The Balaban J connectivity index is 2.67. The summed E-state index contributed by atoms with van der Waals surface area (Å²) in [6.07, 6.45) is 4.06. The van der Waals surface area contributed by atoms with Crippen LogP contribution >= 0.6 is 0 Å². The molecule has 0 saturated heterocycles. The molecule has 0 fully saturated rings.